The zero-order valence-electron chi connectivity index (χ0n) is 19.3. The number of halogens is 3. The Balaban J connectivity index is 1.39. The summed E-state index contributed by atoms with van der Waals surface area (Å²) in [6.45, 7) is 7.89. The van der Waals surface area contributed by atoms with E-state index in [1.807, 2.05) is 18.2 Å². The van der Waals surface area contributed by atoms with E-state index in [9.17, 15) is 4.79 Å². The van der Waals surface area contributed by atoms with E-state index in [4.69, 9.17) is 34.8 Å². The predicted octanol–water partition coefficient (Wildman–Crippen LogP) is 7.29. The third-order valence-corrected chi connectivity index (χ3v) is 7.82. The molecule has 2 aliphatic heterocycles. The summed E-state index contributed by atoms with van der Waals surface area (Å²) in [6, 6.07) is 11.6. The van der Waals surface area contributed by atoms with Gasteiger partial charge in [-0.25, -0.2) is 0 Å². The molecule has 2 aromatic carbocycles. The SMILES string of the molecule is CC1CCCN(C(=O)C2CCN(c3ccc(Cl)c(N[C@H](C)c4ccc(Cl)cc4Cl)c3)CC2)C1. The maximum absolute atomic E-state index is 13.0. The minimum atomic E-state index is -0.0298. The van der Waals surface area contributed by atoms with E-state index < -0.39 is 0 Å². The lowest BCUT2D eigenvalue weighted by Gasteiger charge is -2.38. The Labute approximate surface area is 212 Å². The van der Waals surface area contributed by atoms with Crippen LogP contribution in [0.15, 0.2) is 36.4 Å². The van der Waals surface area contributed by atoms with Gasteiger partial charge in [-0.15, -0.1) is 0 Å². The summed E-state index contributed by atoms with van der Waals surface area (Å²) >= 11 is 18.9. The zero-order valence-corrected chi connectivity index (χ0v) is 21.6. The van der Waals surface area contributed by atoms with Gasteiger partial charge in [-0.2, -0.15) is 0 Å². The van der Waals surface area contributed by atoms with Crippen LogP contribution in [0.5, 0.6) is 0 Å². The van der Waals surface area contributed by atoms with Crippen molar-refractivity contribution in [3.63, 3.8) is 0 Å². The summed E-state index contributed by atoms with van der Waals surface area (Å²) in [5.41, 5.74) is 2.95. The molecule has 0 saturated carbocycles. The number of hydrogen-bond acceptors (Lipinski definition) is 3. The number of anilines is 2. The van der Waals surface area contributed by atoms with E-state index in [1.54, 1.807) is 6.07 Å². The van der Waals surface area contributed by atoms with E-state index in [2.05, 4.69) is 41.1 Å². The summed E-state index contributed by atoms with van der Waals surface area (Å²) < 4.78 is 0. The standard InChI is InChI=1S/C26H32Cl3N3O/c1-17-4-3-11-32(16-17)26(33)19-9-12-31(13-10-19)21-6-8-23(28)25(15-21)30-18(2)22-7-5-20(27)14-24(22)29/h5-8,14-15,17-19,30H,3-4,9-13,16H2,1-2H3/t17?,18-/m1/s1. The number of carbonyl (C=O) groups is 1. The molecular formula is C26H32Cl3N3O. The molecule has 0 aromatic heterocycles. The topological polar surface area (TPSA) is 35.6 Å². The zero-order chi connectivity index (χ0) is 23.5. The Hall–Kier alpha value is -1.62. The van der Waals surface area contributed by atoms with E-state index in [-0.39, 0.29) is 12.0 Å². The van der Waals surface area contributed by atoms with Crippen LogP contribution in [0.1, 0.15) is 51.1 Å². The summed E-state index contributed by atoms with van der Waals surface area (Å²) in [5, 5.41) is 5.41. The number of likely N-dealkylation sites (tertiary alicyclic amines) is 1. The number of amides is 1. The average Bonchev–Trinajstić information content (AvgIpc) is 2.80. The van der Waals surface area contributed by atoms with Crippen molar-refractivity contribution in [1.29, 1.82) is 0 Å². The van der Waals surface area contributed by atoms with Crippen molar-refractivity contribution in [3.8, 4) is 0 Å². The summed E-state index contributed by atoms with van der Waals surface area (Å²) in [5.74, 6) is 1.12. The number of nitrogens with one attached hydrogen (secondary N) is 1. The molecule has 1 amide bonds. The van der Waals surface area contributed by atoms with Crippen molar-refractivity contribution in [3.05, 3.63) is 57.0 Å². The van der Waals surface area contributed by atoms with Crippen LogP contribution in [0.3, 0.4) is 0 Å². The Kier molecular flexibility index (Phi) is 7.99. The first-order chi connectivity index (χ1) is 15.8. The third kappa shape index (κ3) is 5.90. The predicted molar refractivity (Wildman–Crippen MR) is 140 cm³/mol. The van der Waals surface area contributed by atoms with Gasteiger partial charge in [0.15, 0.2) is 0 Å². The van der Waals surface area contributed by atoms with Crippen molar-refractivity contribution in [2.24, 2.45) is 11.8 Å². The molecule has 2 aliphatic rings. The quantitative estimate of drug-likeness (QED) is 0.460. The molecule has 0 spiro atoms. The highest BCUT2D eigenvalue weighted by atomic mass is 35.5. The van der Waals surface area contributed by atoms with Crippen molar-refractivity contribution >= 4 is 52.1 Å². The Morgan fingerprint density at radius 1 is 1.00 bits per heavy atom. The molecule has 1 N–H and O–H groups in total. The molecule has 33 heavy (non-hydrogen) atoms. The highest BCUT2D eigenvalue weighted by molar-refractivity contribution is 6.35. The maximum atomic E-state index is 13.0. The number of hydrogen-bond donors (Lipinski definition) is 1. The van der Waals surface area contributed by atoms with Crippen LogP contribution in [0.4, 0.5) is 11.4 Å². The molecule has 4 nitrogen and oxygen atoms in total. The molecule has 1 unspecified atom stereocenters. The fraction of sp³-hybridized carbons (Fsp3) is 0.500. The Morgan fingerprint density at radius 2 is 1.76 bits per heavy atom. The molecule has 0 aliphatic carbocycles. The van der Waals surface area contributed by atoms with Gasteiger partial charge < -0.3 is 15.1 Å². The normalized spacial score (nSPS) is 20.6. The second-order valence-electron chi connectivity index (χ2n) is 9.49. The van der Waals surface area contributed by atoms with Crippen LogP contribution in [0.2, 0.25) is 15.1 Å². The highest BCUT2D eigenvalue weighted by Crippen LogP contribution is 2.34. The first-order valence-corrected chi connectivity index (χ1v) is 13.0. The number of carbonyl (C=O) groups excluding carboxylic acids is 1. The van der Waals surface area contributed by atoms with Gasteiger partial charge in [0.25, 0.3) is 0 Å². The van der Waals surface area contributed by atoms with Gasteiger partial charge in [-0.05, 0) is 74.4 Å². The molecule has 7 heteroatoms. The minimum absolute atomic E-state index is 0.0298. The smallest absolute Gasteiger partial charge is 0.225 e. The maximum Gasteiger partial charge on any atom is 0.225 e. The Morgan fingerprint density at radius 3 is 2.45 bits per heavy atom. The number of piperidine rings is 2. The van der Waals surface area contributed by atoms with Gasteiger partial charge in [0, 0.05) is 47.8 Å². The first kappa shape index (κ1) is 24.5. The fourth-order valence-corrected chi connectivity index (χ4v) is 5.76. The van der Waals surface area contributed by atoms with Gasteiger partial charge in [-0.3, -0.25) is 4.79 Å². The summed E-state index contributed by atoms with van der Waals surface area (Å²) in [4.78, 5) is 17.5. The minimum Gasteiger partial charge on any atom is -0.377 e. The van der Waals surface area contributed by atoms with Crippen molar-refractivity contribution < 1.29 is 4.79 Å². The monoisotopic (exact) mass is 507 g/mol. The largest absolute Gasteiger partial charge is 0.377 e. The molecule has 2 heterocycles. The van der Waals surface area contributed by atoms with E-state index >= 15 is 0 Å². The number of benzene rings is 2. The lowest BCUT2D eigenvalue weighted by molar-refractivity contribution is -0.137. The average molecular weight is 509 g/mol. The summed E-state index contributed by atoms with van der Waals surface area (Å²) in [7, 11) is 0. The fourth-order valence-electron chi connectivity index (χ4n) is 5.02. The van der Waals surface area contributed by atoms with Gasteiger partial charge in [0.2, 0.25) is 5.91 Å². The van der Waals surface area contributed by atoms with E-state index in [0.717, 1.165) is 62.4 Å². The lowest BCUT2D eigenvalue weighted by Crippen LogP contribution is -2.46. The number of nitrogens with zero attached hydrogens (tertiary/aromatic N) is 2. The van der Waals surface area contributed by atoms with E-state index in [1.165, 1.54) is 6.42 Å². The lowest BCUT2D eigenvalue weighted by atomic mass is 9.92. The molecular weight excluding hydrogens is 477 g/mol. The first-order valence-electron chi connectivity index (χ1n) is 11.9. The molecule has 4 rings (SSSR count). The molecule has 0 radical (unpaired) electrons. The highest BCUT2D eigenvalue weighted by Gasteiger charge is 2.30. The number of rotatable bonds is 5. The molecule has 2 saturated heterocycles. The van der Waals surface area contributed by atoms with Crippen molar-refractivity contribution in [2.45, 2.75) is 45.6 Å². The molecule has 2 atom stereocenters. The van der Waals surface area contributed by atoms with Crippen molar-refractivity contribution in [2.75, 3.05) is 36.4 Å². The van der Waals surface area contributed by atoms with Crippen LogP contribution in [0, 0.1) is 11.8 Å². The third-order valence-electron chi connectivity index (χ3n) is 6.93. The van der Waals surface area contributed by atoms with Gasteiger partial charge in [0.05, 0.1) is 16.8 Å². The van der Waals surface area contributed by atoms with Crippen LogP contribution in [-0.2, 0) is 4.79 Å². The van der Waals surface area contributed by atoms with Crippen LogP contribution < -0.4 is 10.2 Å². The molecule has 178 valence electrons. The summed E-state index contributed by atoms with van der Waals surface area (Å²) in [6.07, 6.45) is 4.15. The molecule has 0 bridgehead atoms. The second-order valence-corrected chi connectivity index (χ2v) is 10.7. The van der Waals surface area contributed by atoms with E-state index in [0.29, 0.717) is 26.9 Å². The van der Waals surface area contributed by atoms with Crippen LogP contribution in [-0.4, -0.2) is 37.0 Å². The van der Waals surface area contributed by atoms with Crippen LogP contribution >= 0.6 is 34.8 Å². The molecule has 2 aromatic rings. The van der Waals surface area contributed by atoms with Gasteiger partial charge in [-0.1, -0.05) is 47.8 Å². The second kappa shape index (κ2) is 10.8. The van der Waals surface area contributed by atoms with Gasteiger partial charge >= 0.3 is 0 Å². The van der Waals surface area contributed by atoms with Gasteiger partial charge in [0.1, 0.15) is 0 Å². The van der Waals surface area contributed by atoms with Crippen LogP contribution in [0.25, 0.3) is 0 Å². The van der Waals surface area contributed by atoms with Crippen molar-refractivity contribution in [1.82, 2.24) is 4.90 Å². The Bertz CT molecular complexity index is 991. The molecule has 2 fully saturated rings.